The predicted molar refractivity (Wildman–Crippen MR) is 71.5 cm³/mol. The van der Waals surface area contributed by atoms with Crippen LogP contribution in [0.5, 0.6) is 0 Å². The molecule has 4 nitrogen and oxygen atoms in total. The predicted octanol–water partition coefficient (Wildman–Crippen LogP) is 1.65. The molecule has 1 aliphatic rings. The number of rotatable bonds is 2. The Morgan fingerprint density at radius 3 is 2.94 bits per heavy atom. The summed E-state index contributed by atoms with van der Waals surface area (Å²) in [7, 11) is 0. The first-order valence-electron chi connectivity index (χ1n) is 4.94. The van der Waals surface area contributed by atoms with E-state index in [1.54, 1.807) is 4.90 Å². The van der Waals surface area contributed by atoms with Crippen LogP contribution in [0, 0.1) is 9.49 Å². The van der Waals surface area contributed by atoms with Gasteiger partial charge in [-0.1, -0.05) is 11.6 Å². The summed E-state index contributed by atoms with van der Waals surface area (Å²) in [6, 6.07) is 3.67. The quantitative estimate of drug-likeness (QED) is 0.651. The smallest absolute Gasteiger partial charge is 0.228 e. The highest BCUT2D eigenvalue weighted by atomic mass is 127. The van der Waals surface area contributed by atoms with Crippen molar-refractivity contribution in [2.45, 2.75) is 6.42 Å². The van der Waals surface area contributed by atoms with Crippen LogP contribution in [0.2, 0.25) is 5.15 Å². The van der Waals surface area contributed by atoms with Gasteiger partial charge in [-0.05, 0) is 47.2 Å². The molecule has 0 aliphatic carbocycles. The summed E-state index contributed by atoms with van der Waals surface area (Å²) in [4.78, 5) is 17.6. The van der Waals surface area contributed by atoms with Gasteiger partial charge in [0.05, 0.1) is 3.57 Å². The van der Waals surface area contributed by atoms with Crippen molar-refractivity contribution in [3.63, 3.8) is 0 Å². The van der Waals surface area contributed by atoms with Crippen LogP contribution >= 0.6 is 34.2 Å². The Morgan fingerprint density at radius 1 is 1.62 bits per heavy atom. The third-order valence-electron chi connectivity index (χ3n) is 2.60. The molecule has 1 unspecified atom stereocenters. The zero-order valence-corrected chi connectivity index (χ0v) is 11.4. The summed E-state index contributed by atoms with van der Waals surface area (Å²) in [6.45, 7) is 1.17. The van der Waals surface area contributed by atoms with E-state index in [1.807, 2.05) is 12.1 Å². The maximum Gasteiger partial charge on any atom is 0.228 e. The standard InChI is InChI=1S/C10H11ClIN3O/c11-10-7(12)1-2-8(14-10)15-5-6(4-13)3-9(15)16/h1-2,6H,3-5,13H2. The molecule has 1 aromatic rings. The molecule has 1 saturated heterocycles. The first-order valence-corrected chi connectivity index (χ1v) is 6.40. The highest BCUT2D eigenvalue weighted by Crippen LogP contribution is 2.26. The molecule has 2 rings (SSSR count). The lowest BCUT2D eigenvalue weighted by molar-refractivity contribution is -0.117. The van der Waals surface area contributed by atoms with E-state index in [4.69, 9.17) is 17.3 Å². The first kappa shape index (κ1) is 12.1. The summed E-state index contributed by atoms with van der Waals surface area (Å²) in [5.41, 5.74) is 5.56. The van der Waals surface area contributed by atoms with Crippen molar-refractivity contribution >= 4 is 45.9 Å². The van der Waals surface area contributed by atoms with Crippen molar-refractivity contribution in [3.05, 3.63) is 20.9 Å². The van der Waals surface area contributed by atoms with Crippen LogP contribution in [0.25, 0.3) is 0 Å². The summed E-state index contributed by atoms with van der Waals surface area (Å²) in [5, 5.41) is 0.432. The van der Waals surface area contributed by atoms with Crippen LogP contribution in [0.1, 0.15) is 6.42 Å². The molecule has 0 aromatic carbocycles. The van der Waals surface area contributed by atoms with Gasteiger partial charge in [-0.25, -0.2) is 4.98 Å². The fraction of sp³-hybridized carbons (Fsp3) is 0.400. The largest absolute Gasteiger partial charge is 0.330 e. The van der Waals surface area contributed by atoms with Gasteiger partial charge >= 0.3 is 0 Å². The molecule has 16 heavy (non-hydrogen) atoms. The molecule has 1 fully saturated rings. The number of halogens is 2. The van der Waals surface area contributed by atoms with Gasteiger partial charge in [0, 0.05) is 13.0 Å². The Labute approximate surface area is 112 Å². The number of anilines is 1. The van der Waals surface area contributed by atoms with Crippen molar-refractivity contribution in [1.29, 1.82) is 0 Å². The fourth-order valence-electron chi connectivity index (χ4n) is 1.72. The molecule has 1 atom stereocenters. The Balaban J connectivity index is 2.24. The van der Waals surface area contributed by atoms with Gasteiger partial charge in [0.2, 0.25) is 5.91 Å². The summed E-state index contributed by atoms with van der Waals surface area (Å²) in [6.07, 6.45) is 0.502. The van der Waals surface area contributed by atoms with E-state index in [2.05, 4.69) is 27.6 Å². The fourth-order valence-corrected chi connectivity index (χ4v) is 2.17. The van der Waals surface area contributed by atoms with Crippen molar-refractivity contribution in [2.75, 3.05) is 18.0 Å². The van der Waals surface area contributed by atoms with Crippen LogP contribution < -0.4 is 10.6 Å². The van der Waals surface area contributed by atoms with Crippen LogP contribution in [-0.4, -0.2) is 24.0 Å². The van der Waals surface area contributed by atoms with Gasteiger partial charge in [0.1, 0.15) is 11.0 Å². The molecule has 2 heterocycles. The van der Waals surface area contributed by atoms with Crippen LogP contribution in [0.3, 0.4) is 0 Å². The Bertz CT molecular complexity index is 427. The minimum atomic E-state index is 0.0697. The van der Waals surface area contributed by atoms with Crippen LogP contribution in [0.4, 0.5) is 5.82 Å². The number of carbonyl (C=O) groups is 1. The molecule has 2 N–H and O–H groups in total. The van der Waals surface area contributed by atoms with E-state index in [-0.39, 0.29) is 11.8 Å². The number of hydrogen-bond donors (Lipinski definition) is 1. The molecular weight excluding hydrogens is 340 g/mol. The van der Waals surface area contributed by atoms with Gasteiger partial charge in [0.25, 0.3) is 0 Å². The molecule has 1 amide bonds. The second kappa shape index (κ2) is 4.85. The maximum atomic E-state index is 11.7. The zero-order valence-electron chi connectivity index (χ0n) is 8.49. The normalized spacial score (nSPS) is 20.6. The summed E-state index contributed by atoms with van der Waals surface area (Å²) < 4.78 is 0.880. The van der Waals surface area contributed by atoms with E-state index in [0.717, 1.165) is 3.57 Å². The monoisotopic (exact) mass is 351 g/mol. The third kappa shape index (κ3) is 2.31. The molecule has 1 aliphatic heterocycles. The van der Waals surface area contributed by atoms with Gasteiger partial charge in [-0.15, -0.1) is 0 Å². The maximum absolute atomic E-state index is 11.7. The van der Waals surface area contributed by atoms with E-state index in [0.29, 0.717) is 30.5 Å². The second-order valence-electron chi connectivity index (χ2n) is 3.75. The van der Waals surface area contributed by atoms with E-state index in [1.165, 1.54) is 0 Å². The van der Waals surface area contributed by atoms with Gasteiger partial charge < -0.3 is 5.73 Å². The van der Waals surface area contributed by atoms with E-state index >= 15 is 0 Å². The van der Waals surface area contributed by atoms with E-state index in [9.17, 15) is 4.79 Å². The highest BCUT2D eigenvalue weighted by Gasteiger charge is 2.30. The third-order valence-corrected chi connectivity index (χ3v) is 4.08. The Morgan fingerprint density at radius 2 is 2.38 bits per heavy atom. The SMILES string of the molecule is NCC1CC(=O)N(c2ccc(I)c(Cl)n2)C1. The van der Waals surface area contributed by atoms with Gasteiger partial charge in [-0.2, -0.15) is 0 Å². The number of amides is 1. The minimum absolute atomic E-state index is 0.0697. The average molecular weight is 352 g/mol. The van der Waals surface area contributed by atoms with E-state index < -0.39 is 0 Å². The summed E-state index contributed by atoms with van der Waals surface area (Å²) in [5.74, 6) is 0.916. The van der Waals surface area contributed by atoms with Crippen LogP contribution in [0.15, 0.2) is 12.1 Å². The van der Waals surface area contributed by atoms with Gasteiger partial charge in [0.15, 0.2) is 0 Å². The molecule has 0 bridgehead atoms. The lowest BCUT2D eigenvalue weighted by atomic mass is 10.1. The summed E-state index contributed by atoms with van der Waals surface area (Å²) >= 11 is 8.03. The van der Waals surface area contributed by atoms with Crippen molar-refractivity contribution in [2.24, 2.45) is 11.7 Å². The molecular formula is C10H11ClIN3O. The number of aromatic nitrogens is 1. The van der Waals surface area contributed by atoms with Crippen molar-refractivity contribution in [1.82, 2.24) is 4.98 Å². The second-order valence-corrected chi connectivity index (χ2v) is 5.27. The molecule has 86 valence electrons. The average Bonchev–Trinajstić information content (AvgIpc) is 2.64. The molecule has 0 spiro atoms. The molecule has 6 heteroatoms. The Hall–Kier alpha value is -0.400. The minimum Gasteiger partial charge on any atom is -0.330 e. The zero-order chi connectivity index (χ0) is 11.7. The number of nitrogens with two attached hydrogens (primary N) is 1. The van der Waals surface area contributed by atoms with Crippen molar-refractivity contribution < 1.29 is 4.79 Å². The lowest BCUT2D eigenvalue weighted by Gasteiger charge is -2.15. The number of hydrogen-bond acceptors (Lipinski definition) is 3. The number of nitrogens with zero attached hydrogens (tertiary/aromatic N) is 2. The van der Waals surface area contributed by atoms with Crippen LogP contribution in [-0.2, 0) is 4.79 Å². The van der Waals surface area contributed by atoms with Gasteiger partial charge in [-0.3, -0.25) is 9.69 Å². The lowest BCUT2D eigenvalue weighted by Crippen LogP contribution is -2.26. The number of pyridine rings is 1. The number of carbonyl (C=O) groups excluding carboxylic acids is 1. The molecule has 1 aromatic heterocycles. The highest BCUT2D eigenvalue weighted by molar-refractivity contribution is 14.1. The molecule has 0 radical (unpaired) electrons. The topological polar surface area (TPSA) is 59.2 Å². The van der Waals surface area contributed by atoms with Crippen molar-refractivity contribution in [3.8, 4) is 0 Å². The Kier molecular flexibility index (Phi) is 3.66. The first-order chi connectivity index (χ1) is 7.61. The molecule has 0 saturated carbocycles.